The molecule has 4 nitrogen and oxygen atoms in total. The van der Waals surface area contributed by atoms with Gasteiger partial charge in [-0.3, -0.25) is 0 Å². The summed E-state index contributed by atoms with van der Waals surface area (Å²) in [5.74, 6) is 0. The maximum atomic E-state index is 3.56. The molecule has 0 aliphatic heterocycles. The van der Waals surface area contributed by atoms with Crippen LogP contribution in [0.3, 0.4) is 0 Å². The van der Waals surface area contributed by atoms with Crippen LogP contribution in [0.25, 0.3) is 0 Å². The van der Waals surface area contributed by atoms with Crippen molar-refractivity contribution in [3.05, 3.63) is 0 Å². The second kappa shape index (κ2) is 8.86. The van der Waals surface area contributed by atoms with Crippen LogP contribution in [0.4, 0.5) is 0 Å². The Bertz CT molecular complexity index is 176. The maximum absolute atomic E-state index is 3.56. The van der Waals surface area contributed by atoms with Gasteiger partial charge in [0.05, 0.1) is 13.3 Å². The van der Waals surface area contributed by atoms with Crippen LogP contribution in [0.15, 0.2) is 0 Å². The molecule has 0 radical (unpaired) electrons. The first-order chi connectivity index (χ1) is 8.95. The van der Waals surface area contributed by atoms with E-state index in [1.54, 1.807) is 0 Å². The van der Waals surface area contributed by atoms with E-state index in [0.717, 1.165) is 25.4 Å². The van der Waals surface area contributed by atoms with Crippen LogP contribution in [0.1, 0.15) is 64.2 Å². The third-order valence-corrected chi connectivity index (χ3v) is 4.29. The van der Waals surface area contributed by atoms with Gasteiger partial charge in [0.25, 0.3) is 0 Å². The van der Waals surface area contributed by atoms with Gasteiger partial charge < -0.3 is 10.6 Å². The fourth-order valence-electron chi connectivity index (χ4n) is 3.13. The van der Waals surface area contributed by atoms with Crippen molar-refractivity contribution in [2.45, 2.75) is 76.3 Å². The van der Waals surface area contributed by atoms with Crippen LogP contribution in [0.2, 0.25) is 0 Å². The molecule has 2 aliphatic carbocycles. The minimum Gasteiger partial charge on any atom is -0.301 e. The summed E-state index contributed by atoms with van der Waals surface area (Å²) >= 11 is 0. The molecule has 0 spiro atoms. The first-order valence-electron chi connectivity index (χ1n) is 7.87. The van der Waals surface area contributed by atoms with Gasteiger partial charge in [-0.15, -0.1) is 0 Å². The molecular weight excluding hydrogens is 224 g/mol. The highest BCUT2D eigenvalue weighted by Gasteiger charge is 2.12. The Kier molecular flexibility index (Phi) is 7.01. The zero-order chi connectivity index (χ0) is 12.5. The second-order valence-corrected chi connectivity index (χ2v) is 5.79. The minimum atomic E-state index is 0.736. The molecule has 0 unspecified atom stereocenters. The monoisotopic (exact) mass is 254 g/mol. The molecule has 4 heteroatoms. The summed E-state index contributed by atoms with van der Waals surface area (Å²) in [5.41, 5.74) is 6.50. The lowest BCUT2D eigenvalue weighted by Crippen LogP contribution is -2.48. The van der Waals surface area contributed by atoms with Crippen LogP contribution >= 0.6 is 0 Å². The smallest absolute Gasteiger partial charge is 0.0592 e. The molecule has 0 aromatic carbocycles. The Labute approximate surface area is 112 Å². The Hall–Kier alpha value is -0.160. The van der Waals surface area contributed by atoms with E-state index in [9.17, 15) is 0 Å². The van der Waals surface area contributed by atoms with Crippen LogP contribution in [-0.2, 0) is 0 Å². The van der Waals surface area contributed by atoms with Crippen LogP contribution in [0, 0.1) is 0 Å². The molecule has 18 heavy (non-hydrogen) atoms. The predicted octanol–water partition coefficient (Wildman–Crippen LogP) is 1.84. The molecule has 0 bridgehead atoms. The summed E-state index contributed by atoms with van der Waals surface area (Å²) in [6, 6.07) is 1.47. The molecule has 106 valence electrons. The van der Waals surface area contributed by atoms with E-state index in [4.69, 9.17) is 0 Å². The van der Waals surface area contributed by atoms with Gasteiger partial charge in [0.2, 0.25) is 0 Å². The maximum Gasteiger partial charge on any atom is 0.0592 e. The van der Waals surface area contributed by atoms with Gasteiger partial charge in [-0.25, -0.2) is 10.9 Å². The molecule has 0 atom stereocenters. The molecular formula is C14H30N4. The Balaban J connectivity index is 1.39. The first-order valence-corrected chi connectivity index (χ1v) is 7.87. The van der Waals surface area contributed by atoms with E-state index in [0.29, 0.717) is 0 Å². The standard InChI is InChI=1S/C14H30N4/c1-3-7-13(8-4-1)15-11-17-18-12-16-14-9-5-2-6-10-14/h13-18H,1-12H2. The van der Waals surface area contributed by atoms with E-state index in [-0.39, 0.29) is 0 Å². The van der Waals surface area contributed by atoms with Gasteiger partial charge >= 0.3 is 0 Å². The fourth-order valence-corrected chi connectivity index (χ4v) is 3.13. The summed E-state index contributed by atoms with van der Waals surface area (Å²) < 4.78 is 0. The highest BCUT2D eigenvalue weighted by molar-refractivity contribution is 4.72. The average molecular weight is 254 g/mol. The summed E-state index contributed by atoms with van der Waals surface area (Å²) in [4.78, 5) is 0. The summed E-state index contributed by atoms with van der Waals surface area (Å²) in [6.45, 7) is 1.74. The van der Waals surface area contributed by atoms with Crippen molar-refractivity contribution in [2.24, 2.45) is 0 Å². The predicted molar refractivity (Wildman–Crippen MR) is 76.0 cm³/mol. The number of hydrazine groups is 1. The van der Waals surface area contributed by atoms with Gasteiger partial charge in [-0.1, -0.05) is 38.5 Å². The van der Waals surface area contributed by atoms with Crippen LogP contribution < -0.4 is 21.5 Å². The normalized spacial score (nSPS) is 23.3. The zero-order valence-corrected chi connectivity index (χ0v) is 11.6. The van der Waals surface area contributed by atoms with Crippen molar-refractivity contribution in [2.75, 3.05) is 13.3 Å². The van der Waals surface area contributed by atoms with Gasteiger partial charge in [-0.2, -0.15) is 0 Å². The Morgan fingerprint density at radius 1 is 0.556 bits per heavy atom. The molecule has 2 fully saturated rings. The second-order valence-electron chi connectivity index (χ2n) is 5.79. The van der Waals surface area contributed by atoms with Gasteiger partial charge in [0, 0.05) is 12.1 Å². The van der Waals surface area contributed by atoms with E-state index in [1.165, 1.54) is 64.2 Å². The molecule has 0 heterocycles. The minimum absolute atomic E-state index is 0.736. The van der Waals surface area contributed by atoms with Crippen molar-refractivity contribution in [3.63, 3.8) is 0 Å². The van der Waals surface area contributed by atoms with Crippen molar-refractivity contribution < 1.29 is 0 Å². The first kappa shape index (κ1) is 14.3. The summed E-state index contributed by atoms with van der Waals surface area (Å²) in [5, 5.41) is 7.12. The highest BCUT2D eigenvalue weighted by Crippen LogP contribution is 2.17. The molecule has 2 aliphatic rings. The van der Waals surface area contributed by atoms with E-state index in [1.807, 2.05) is 0 Å². The van der Waals surface area contributed by atoms with Crippen molar-refractivity contribution >= 4 is 0 Å². The van der Waals surface area contributed by atoms with Crippen LogP contribution in [-0.4, -0.2) is 25.4 Å². The van der Waals surface area contributed by atoms with Gasteiger partial charge in [0.1, 0.15) is 0 Å². The summed E-state index contributed by atoms with van der Waals surface area (Å²) in [7, 11) is 0. The quantitative estimate of drug-likeness (QED) is 0.318. The van der Waals surface area contributed by atoms with E-state index >= 15 is 0 Å². The largest absolute Gasteiger partial charge is 0.301 e. The van der Waals surface area contributed by atoms with E-state index in [2.05, 4.69) is 21.5 Å². The molecule has 0 saturated heterocycles. The third-order valence-electron chi connectivity index (χ3n) is 4.29. The number of nitrogens with one attached hydrogen (secondary N) is 4. The molecule has 2 saturated carbocycles. The number of hydrogen-bond donors (Lipinski definition) is 4. The fraction of sp³-hybridized carbons (Fsp3) is 1.00. The lowest BCUT2D eigenvalue weighted by atomic mass is 9.96. The molecule has 0 aromatic heterocycles. The topological polar surface area (TPSA) is 48.1 Å². The molecule has 2 rings (SSSR count). The highest BCUT2D eigenvalue weighted by atomic mass is 15.4. The SMILES string of the molecule is C1CCC(NCNNCNC2CCCCC2)CC1. The molecule has 0 aromatic rings. The van der Waals surface area contributed by atoms with Gasteiger partial charge in [0.15, 0.2) is 0 Å². The van der Waals surface area contributed by atoms with Crippen LogP contribution in [0.5, 0.6) is 0 Å². The van der Waals surface area contributed by atoms with Crippen molar-refractivity contribution in [1.82, 2.24) is 21.5 Å². The molecule has 4 N–H and O–H groups in total. The summed E-state index contributed by atoms with van der Waals surface area (Å²) in [6.07, 6.45) is 13.8. The number of hydrogen-bond acceptors (Lipinski definition) is 4. The Morgan fingerprint density at radius 3 is 1.33 bits per heavy atom. The lowest BCUT2D eigenvalue weighted by molar-refractivity contribution is 0.327. The zero-order valence-electron chi connectivity index (χ0n) is 11.6. The molecule has 0 amide bonds. The van der Waals surface area contributed by atoms with Crippen molar-refractivity contribution in [1.29, 1.82) is 0 Å². The van der Waals surface area contributed by atoms with Gasteiger partial charge in [-0.05, 0) is 25.7 Å². The van der Waals surface area contributed by atoms with Crippen molar-refractivity contribution in [3.8, 4) is 0 Å². The van der Waals surface area contributed by atoms with E-state index < -0.39 is 0 Å². The third kappa shape index (κ3) is 5.65. The Morgan fingerprint density at radius 2 is 0.944 bits per heavy atom. The number of rotatable bonds is 7. The lowest BCUT2D eigenvalue weighted by Gasteiger charge is -2.24. The average Bonchev–Trinajstić information content (AvgIpc) is 2.45.